The fraction of sp³-hybridized carbons (Fsp3) is 0.312. The van der Waals surface area contributed by atoms with Crippen molar-refractivity contribution in [2.75, 3.05) is 20.3 Å². The van der Waals surface area contributed by atoms with E-state index in [4.69, 9.17) is 9.47 Å². The number of thiazole rings is 1. The van der Waals surface area contributed by atoms with Crippen molar-refractivity contribution in [3.05, 3.63) is 35.3 Å². The summed E-state index contributed by atoms with van der Waals surface area (Å²) in [6.45, 7) is 0.282. The second kappa shape index (κ2) is 6.58. The highest BCUT2D eigenvalue weighted by Gasteiger charge is 2.44. The van der Waals surface area contributed by atoms with Crippen LogP contribution in [0.4, 0.5) is 0 Å². The van der Waals surface area contributed by atoms with Crippen molar-refractivity contribution in [1.82, 2.24) is 10.3 Å². The molecular formula is C16H16N2O5S. The van der Waals surface area contributed by atoms with Gasteiger partial charge in [0.1, 0.15) is 15.6 Å². The molecular weight excluding hydrogens is 332 g/mol. The number of amides is 1. The van der Waals surface area contributed by atoms with Gasteiger partial charge >= 0.3 is 5.97 Å². The van der Waals surface area contributed by atoms with E-state index in [0.29, 0.717) is 16.5 Å². The molecule has 1 aliphatic heterocycles. The van der Waals surface area contributed by atoms with E-state index < -0.39 is 17.4 Å². The number of aromatic nitrogens is 1. The van der Waals surface area contributed by atoms with Crippen LogP contribution in [-0.2, 0) is 9.53 Å². The molecule has 0 saturated carbocycles. The number of carboxylic acids is 1. The summed E-state index contributed by atoms with van der Waals surface area (Å²) >= 11 is 1.20. The summed E-state index contributed by atoms with van der Waals surface area (Å²) in [5.74, 6) is -0.814. The smallest absolute Gasteiger partial charge is 0.331 e. The lowest BCUT2D eigenvalue weighted by Crippen LogP contribution is -2.55. The van der Waals surface area contributed by atoms with Gasteiger partial charge in [-0.2, -0.15) is 0 Å². The minimum atomic E-state index is -1.36. The molecule has 1 amide bonds. The van der Waals surface area contributed by atoms with E-state index in [9.17, 15) is 14.7 Å². The van der Waals surface area contributed by atoms with Gasteiger partial charge < -0.3 is 19.9 Å². The number of carbonyl (C=O) groups excluding carboxylic acids is 1. The molecule has 2 aromatic rings. The van der Waals surface area contributed by atoms with Gasteiger partial charge in [0, 0.05) is 18.6 Å². The second-order valence-corrected chi connectivity index (χ2v) is 6.43. The Bertz CT molecular complexity index is 750. The lowest BCUT2D eigenvalue weighted by molar-refractivity contribution is -0.144. The number of carboxylic acid groups (broad SMARTS) is 1. The standard InChI is InChI=1S/C16H16N2O5S/c1-22-11-4-2-10(3-5-11)14-17-8-12(24-14)13(19)18-16(15(20)21)6-7-23-9-16/h2-5,8H,6-7,9H2,1H3,(H,18,19)(H,20,21). The van der Waals surface area contributed by atoms with E-state index in [0.717, 1.165) is 11.3 Å². The Labute approximate surface area is 142 Å². The highest BCUT2D eigenvalue weighted by molar-refractivity contribution is 7.16. The molecule has 2 N–H and O–H groups in total. The van der Waals surface area contributed by atoms with E-state index in [1.807, 2.05) is 24.3 Å². The molecule has 0 aliphatic carbocycles. The van der Waals surface area contributed by atoms with E-state index >= 15 is 0 Å². The van der Waals surface area contributed by atoms with E-state index in [1.165, 1.54) is 17.5 Å². The third kappa shape index (κ3) is 3.10. The molecule has 1 saturated heterocycles. The molecule has 126 valence electrons. The van der Waals surface area contributed by atoms with Crippen LogP contribution in [0.15, 0.2) is 30.5 Å². The fourth-order valence-electron chi connectivity index (χ4n) is 2.41. The third-order valence-corrected chi connectivity index (χ3v) is 4.90. The molecule has 1 aliphatic rings. The van der Waals surface area contributed by atoms with Crippen LogP contribution >= 0.6 is 11.3 Å². The normalized spacial score (nSPS) is 19.9. The molecule has 1 unspecified atom stereocenters. The first-order valence-electron chi connectivity index (χ1n) is 7.28. The second-order valence-electron chi connectivity index (χ2n) is 5.40. The van der Waals surface area contributed by atoms with E-state index in [-0.39, 0.29) is 13.0 Å². The molecule has 24 heavy (non-hydrogen) atoms. The average Bonchev–Trinajstić information content (AvgIpc) is 3.25. The first kappa shape index (κ1) is 16.4. The predicted molar refractivity (Wildman–Crippen MR) is 87.4 cm³/mol. The Hall–Kier alpha value is -2.45. The van der Waals surface area contributed by atoms with Gasteiger partial charge in [-0.3, -0.25) is 4.79 Å². The van der Waals surface area contributed by atoms with Crippen LogP contribution in [0.2, 0.25) is 0 Å². The van der Waals surface area contributed by atoms with Gasteiger partial charge in [0.05, 0.1) is 19.9 Å². The predicted octanol–water partition coefficient (Wildman–Crippen LogP) is 1.79. The maximum absolute atomic E-state index is 12.4. The number of methoxy groups -OCH3 is 1. The van der Waals surface area contributed by atoms with Crippen molar-refractivity contribution in [3.8, 4) is 16.3 Å². The van der Waals surface area contributed by atoms with E-state index in [2.05, 4.69) is 10.3 Å². The van der Waals surface area contributed by atoms with Crippen LogP contribution in [0, 0.1) is 0 Å². The van der Waals surface area contributed by atoms with Crippen LogP contribution in [0.5, 0.6) is 5.75 Å². The molecule has 1 atom stereocenters. The molecule has 7 nitrogen and oxygen atoms in total. The molecule has 0 radical (unpaired) electrons. The quantitative estimate of drug-likeness (QED) is 0.855. The van der Waals surface area contributed by atoms with Gasteiger partial charge in [0.2, 0.25) is 0 Å². The SMILES string of the molecule is COc1ccc(-c2ncc(C(=O)NC3(C(=O)O)CCOC3)s2)cc1. The van der Waals surface area contributed by atoms with Crippen molar-refractivity contribution in [2.45, 2.75) is 12.0 Å². The van der Waals surface area contributed by atoms with Gasteiger partial charge in [0.15, 0.2) is 5.54 Å². The first-order valence-corrected chi connectivity index (χ1v) is 8.10. The van der Waals surface area contributed by atoms with Crippen molar-refractivity contribution < 1.29 is 24.2 Å². The van der Waals surface area contributed by atoms with Crippen LogP contribution in [0.3, 0.4) is 0 Å². The monoisotopic (exact) mass is 348 g/mol. The summed E-state index contributed by atoms with van der Waals surface area (Å²) in [5.41, 5.74) is -0.501. The summed E-state index contributed by atoms with van der Waals surface area (Å²) in [6.07, 6.45) is 1.70. The zero-order valence-electron chi connectivity index (χ0n) is 12.9. The van der Waals surface area contributed by atoms with Crippen LogP contribution in [0.1, 0.15) is 16.1 Å². The number of nitrogens with one attached hydrogen (secondary N) is 1. The van der Waals surface area contributed by atoms with Gasteiger partial charge in [-0.25, -0.2) is 9.78 Å². The molecule has 3 rings (SSSR count). The minimum absolute atomic E-state index is 0.0295. The van der Waals surface area contributed by atoms with Crippen molar-refractivity contribution in [2.24, 2.45) is 0 Å². The average molecular weight is 348 g/mol. The Morgan fingerprint density at radius 2 is 2.12 bits per heavy atom. The summed E-state index contributed by atoms with van der Waals surface area (Å²) in [5, 5.41) is 12.6. The summed E-state index contributed by atoms with van der Waals surface area (Å²) in [7, 11) is 1.59. The molecule has 2 heterocycles. The number of rotatable bonds is 5. The molecule has 0 spiro atoms. The topological polar surface area (TPSA) is 97.8 Å². The van der Waals surface area contributed by atoms with Gasteiger partial charge in [-0.05, 0) is 24.3 Å². The number of hydrogen-bond acceptors (Lipinski definition) is 6. The number of carbonyl (C=O) groups is 2. The zero-order chi connectivity index (χ0) is 17.2. The molecule has 1 aromatic carbocycles. The minimum Gasteiger partial charge on any atom is -0.497 e. The number of benzene rings is 1. The Balaban J connectivity index is 1.77. The molecule has 0 bridgehead atoms. The highest BCUT2D eigenvalue weighted by atomic mass is 32.1. The molecule has 1 fully saturated rings. The maximum Gasteiger partial charge on any atom is 0.331 e. The molecule has 1 aromatic heterocycles. The van der Waals surface area contributed by atoms with E-state index in [1.54, 1.807) is 7.11 Å². The van der Waals surface area contributed by atoms with Crippen molar-refractivity contribution >= 4 is 23.2 Å². The van der Waals surface area contributed by atoms with Gasteiger partial charge in [-0.15, -0.1) is 11.3 Å². The van der Waals surface area contributed by atoms with Crippen molar-refractivity contribution in [3.63, 3.8) is 0 Å². The first-order chi connectivity index (χ1) is 11.5. The van der Waals surface area contributed by atoms with Gasteiger partial charge in [-0.1, -0.05) is 0 Å². The summed E-state index contributed by atoms with van der Waals surface area (Å²) in [6, 6.07) is 7.32. The Kier molecular flexibility index (Phi) is 4.50. The van der Waals surface area contributed by atoms with Crippen LogP contribution in [-0.4, -0.2) is 47.8 Å². The third-order valence-electron chi connectivity index (χ3n) is 3.85. The number of aliphatic carboxylic acids is 1. The highest BCUT2D eigenvalue weighted by Crippen LogP contribution is 2.28. The zero-order valence-corrected chi connectivity index (χ0v) is 13.8. The van der Waals surface area contributed by atoms with Gasteiger partial charge in [0.25, 0.3) is 5.91 Å². The van der Waals surface area contributed by atoms with Crippen LogP contribution in [0.25, 0.3) is 10.6 Å². The lowest BCUT2D eigenvalue weighted by Gasteiger charge is -2.23. The summed E-state index contributed by atoms with van der Waals surface area (Å²) < 4.78 is 10.2. The maximum atomic E-state index is 12.4. The summed E-state index contributed by atoms with van der Waals surface area (Å²) in [4.78, 5) is 28.4. The Morgan fingerprint density at radius 1 is 1.38 bits per heavy atom. The Morgan fingerprint density at radius 3 is 2.71 bits per heavy atom. The fourth-order valence-corrected chi connectivity index (χ4v) is 3.23. The number of nitrogens with zero attached hydrogens (tertiary/aromatic N) is 1. The van der Waals surface area contributed by atoms with Crippen LogP contribution < -0.4 is 10.1 Å². The number of ether oxygens (including phenoxy) is 2. The molecule has 8 heteroatoms. The lowest BCUT2D eigenvalue weighted by atomic mass is 9.99. The number of hydrogen-bond donors (Lipinski definition) is 2. The van der Waals surface area contributed by atoms with Crippen molar-refractivity contribution in [1.29, 1.82) is 0 Å². The largest absolute Gasteiger partial charge is 0.497 e.